The quantitative estimate of drug-likeness (QED) is 0.295. The molecule has 0 bridgehead atoms. The summed E-state index contributed by atoms with van der Waals surface area (Å²) in [6.45, 7) is 0.671. The molecule has 0 radical (unpaired) electrons. The molecular formula is C25H19N3O6S. The maximum absolute atomic E-state index is 12.9. The van der Waals surface area contributed by atoms with E-state index in [0.29, 0.717) is 30.2 Å². The highest BCUT2D eigenvalue weighted by Crippen LogP contribution is 2.34. The monoisotopic (exact) mass is 489 g/mol. The van der Waals surface area contributed by atoms with E-state index in [0.717, 1.165) is 28.6 Å². The lowest BCUT2D eigenvalue weighted by Gasteiger charge is -2.29. The normalized spacial score (nSPS) is 16.6. The molecule has 0 N–H and O–H groups in total. The molecule has 2 aromatic carbocycles. The number of benzene rings is 2. The van der Waals surface area contributed by atoms with Crippen molar-refractivity contribution < 1.29 is 23.7 Å². The van der Waals surface area contributed by atoms with Crippen molar-refractivity contribution in [3.8, 4) is 11.3 Å². The summed E-state index contributed by atoms with van der Waals surface area (Å²) in [6, 6.07) is 17.1. The largest absolute Gasteiger partial charge is 0.457 e. The van der Waals surface area contributed by atoms with Crippen molar-refractivity contribution in [3.05, 3.63) is 92.6 Å². The first-order valence-corrected chi connectivity index (χ1v) is 11.7. The van der Waals surface area contributed by atoms with Gasteiger partial charge in [-0.25, -0.2) is 0 Å². The molecule has 0 atom stereocenters. The average Bonchev–Trinajstić information content (AvgIpc) is 3.44. The Morgan fingerprint density at radius 2 is 1.89 bits per heavy atom. The van der Waals surface area contributed by atoms with Gasteiger partial charge in [-0.15, -0.1) is 0 Å². The van der Waals surface area contributed by atoms with E-state index in [1.165, 1.54) is 23.8 Å². The molecule has 176 valence electrons. The third kappa shape index (κ3) is 4.60. The Morgan fingerprint density at radius 1 is 1.09 bits per heavy atom. The molecule has 3 heterocycles. The van der Waals surface area contributed by atoms with Crippen molar-refractivity contribution in [1.29, 1.82) is 0 Å². The summed E-state index contributed by atoms with van der Waals surface area (Å²) >= 11 is 0.744. The Morgan fingerprint density at radius 3 is 2.69 bits per heavy atom. The summed E-state index contributed by atoms with van der Waals surface area (Å²) in [5.41, 5.74) is 2.72. The van der Waals surface area contributed by atoms with Crippen molar-refractivity contribution in [3.63, 3.8) is 0 Å². The van der Waals surface area contributed by atoms with Crippen LogP contribution in [-0.4, -0.2) is 44.9 Å². The smallest absolute Gasteiger partial charge is 0.294 e. The molecule has 0 unspecified atom stereocenters. The van der Waals surface area contributed by atoms with E-state index < -0.39 is 16.1 Å². The van der Waals surface area contributed by atoms with Crippen LogP contribution in [0.3, 0.4) is 0 Å². The third-order valence-corrected chi connectivity index (χ3v) is 6.80. The maximum Gasteiger partial charge on any atom is 0.294 e. The molecule has 2 aliphatic rings. The molecule has 1 saturated heterocycles. The lowest BCUT2D eigenvalue weighted by Crippen LogP contribution is -2.44. The van der Waals surface area contributed by atoms with Gasteiger partial charge in [-0.3, -0.25) is 29.4 Å². The molecule has 5 rings (SSSR count). The van der Waals surface area contributed by atoms with Gasteiger partial charge < -0.3 is 9.32 Å². The van der Waals surface area contributed by atoms with Crippen LogP contribution < -0.4 is 0 Å². The van der Waals surface area contributed by atoms with Gasteiger partial charge in [-0.05, 0) is 41.4 Å². The molecule has 9 nitrogen and oxygen atoms in total. The molecule has 0 saturated carbocycles. The molecule has 3 aromatic rings. The highest BCUT2D eigenvalue weighted by molar-refractivity contribution is 8.18. The van der Waals surface area contributed by atoms with Gasteiger partial charge in [0, 0.05) is 36.9 Å². The first kappa shape index (κ1) is 22.6. The second-order valence-electron chi connectivity index (χ2n) is 8.11. The molecule has 35 heavy (non-hydrogen) atoms. The third-order valence-electron chi connectivity index (χ3n) is 5.89. The van der Waals surface area contributed by atoms with E-state index in [2.05, 4.69) is 0 Å². The fourth-order valence-electron chi connectivity index (χ4n) is 4.07. The summed E-state index contributed by atoms with van der Waals surface area (Å²) in [7, 11) is 0. The Kier molecular flexibility index (Phi) is 5.96. The Hall–Kier alpha value is -4.18. The molecule has 3 amide bonds. The zero-order chi connectivity index (χ0) is 24.5. The molecule has 0 aliphatic carbocycles. The first-order chi connectivity index (χ1) is 16.9. The van der Waals surface area contributed by atoms with Crippen LogP contribution in [0.25, 0.3) is 17.4 Å². The van der Waals surface area contributed by atoms with E-state index in [1.807, 2.05) is 24.3 Å². The van der Waals surface area contributed by atoms with Gasteiger partial charge in [-0.2, -0.15) is 0 Å². The number of thioether (sulfide) groups is 1. The van der Waals surface area contributed by atoms with Gasteiger partial charge >= 0.3 is 0 Å². The molecule has 10 heteroatoms. The van der Waals surface area contributed by atoms with Crippen LogP contribution in [-0.2, 0) is 22.6 Å². The standard InChI is InChI=1S/C25H19N3O6S/c29-23(26-11-10-16-4-1-2-5-18(16)14-26)15-27-24(30)22(35-25(27)31)13-20-8-9-21(34-20)17-6-3-7-19(12-17)28(32)33/h1-9,12-13H,10-11,14-15H2/b22-13+. The van der Waals surface area contributed by atoms with Gasteiger partial charge in [0.05, 0.1) is 9.83 Å². The van der Waals surface area contributed by atoms with Crippen molar-refractivity contribution >= 4 is 40.6 Å². The number of hydrogen-bond acceptors (Lipinski definition) is 7. The average molecular weight is 490 g/mol. The van der Waals surface area contributed by atoms with Crippen molar-refractivity contribution in [2.45, 2.75) is 13.0 Å². The van der Waals surface area contributed by atoms with Crippen LogP contribution >= 0.6 is 11.8 Å². The molecule has 0 spiro atoms. The predicted octanol–water partition coefficient (Wildman–Crippen LogP) is 4.48. The number of amides is 3. The topological polar surface area (TPSA) is 114 Å². The van der Waals surface area contributed by atoms with Crippen molar-refractivity contribution in [2.75, 3.05) is 13.1 Å². The Balaban J connectivity index is 1.28. The fraction of sp³-hybridized carbons (Fsp3) is 0.160. The highest BCUT2D eigenvalue weighted by Gasteiger charge is 2.37. The predicted molar refractivity (Wildman–Crippen MR) is 129 cm³/mol. The number of nitro groups is 1. The van der Waals surface area contributed by atoms with Crippen LogP contribution in [0.1, 0.15) is 16.9 Å². The number of imide groups is 1. The lowest BCUT2D eigenvalue weighted by atomic mass is 10.00. The summed E-state index contributed by atoms with van der Waals surface area (Å²) in [6.07, 6.45) is 2.17. The van der Waals surface area contributed by atoms with Crippen LogP contribution in [0.4, 0.5) is 10.5 Å². The van der Waals surface area contributed by atoms with Gasteiger partial charge in [-0.1, -0.05) is 36.4 Å². The van der Waals surface area contributed by atoms with Gasteiger partial charge in [0.2, 0.25) is 5.91 Å². The molecule has 1 fully saturated rings. The summed E-state index contributed by atoms with van der Waals surface area (Å²) < 4.78 is 5.73. The maximum atomic E-state index is 12.9. The molecule has 1 aromatic heterocycles. The van der Waals surface area contributed by atoms with Crippen LogP contribution in [0.5, 0.6) is 0 Å². The van der Waals surface area contributed by atoms with E-state index in [4.69, 9.17) is 4.42 Å². The first-order valence-electron chi connectivity index (χ1n) is 10.8. The van der Waals surface area contributed by atoms with Gasteiger partial charge in [0.1, 0.15) is 18.1 Å². The number of carbonyl (C=O) groups is 3. The minimum atomic E-state index is -0.556. The zero-order valence-electron chi connectivity index (χ0n) is 18.4. The summed E-state index contributed by atoms with van der Waals surface area (Å²) in [5.74, 6) is -0.135. The van der Waals surface area contributed by atoms with Crippen molar-refractivity contribution in [1.82, 2.24) is 9.80 Å². The van der Waals surface area contributed by atoms with Gasteiger partial charge in [0.15, 0.2) is 0 Å². The van der Waals surface area contributed by atoms with E-state index in [-0.39, 0.29) is 23.0 Å². The van der Waals surface area contributed by atoms with E-state index in [1.54, 1.807) is 29.2 Å². The number of rotatable bonds is 5. The minimum absolute atomic E-state index is 0.0663. The second kappa shape index (κ2) is 9.22. The summed E-state index contributed by atoms with van der Waals surface area (Å²) in [5, 5.41) is 10.5. The highest BCUT2D eigenvalue weighted by atomic mass is 32.2. The Bertz CT molecular complexity index is 1400. The number of carbonyl (C=O) groups excluding carboxylic acids is 3. The van der Waals surface area contributed by atoms with E-state index in [9.17, 15) is 24.5 Å². The number of nitro benzene ring substituents is 1. The van der Waals surface area contributed by atoms with Crippen LogP contribution in [0.2, 0.25) is 0 Å². The fourth-order valence-corrected chi connectivity index (χ4v) is 4.89. The lowest BCUT2D eigenvalue weighted by molar-refractivity contribution is -0.384. The SMILES string of the molecule is O=C(CN1C(=O)S/C(=C/c2ccc(-c3cccc([N+](=O)[O-])c3)o2)C1=O)N1CCc2ccccc2C1. The Labute approximate surface area is 204 Å². The second-order valence-corrected chi connectivity index (χ2v) is 9.10. The number of non-ortho nitro benzene ring substituents is 1. The number of fused-ring (bicyclic) bond motifs is 1. The molecule has 2 aliphatic heterocycles. The van der Waals surface area contributed by atoms with Crippen LogP contribution in [0.15, 0.2) is 70.0 Å². The minimum Gasteiger partial charge on any atom is -0.457 e. The van der Waals surface area contributed by atoms with Crippen LogP contribution in [0, 0.1) is 10.1 Å². The van der Waals surface area contributed by atoms with Gasteiger partial charge in [0.25, 0.3) is 16.8 Å². The number of hydrogen-bond donors (Lipinski definition) is 0. The zero-order valence-corrected chi connectivity index (χ0v) is 19.2. The summed E-state index contributed by atoms with van der Waals surface area (Å²) in [4.78, 5) is 51.5. The molecular weight excluding hydrogens is 470 g/mol. The van der Waals surface area contributed by atoms with E-state index >= 15 is 0 Å². The number of furan rings is 1. The number of nitrogens with zero attached hydrogens (tertiary/aromatic N) is 3. The van der Waals surface area contributed by atoms with Crippen molar-refractivity contribution in [2.24, 2.45) is 0 Å².